The van der Waals surface area contributed by atoms with Crippen molar-refractivity contribution in [3.63, 3.8) is 0 Å². The molecule has 16 heavy (non-hydrogen) atoms. The van der Waals surface area contributed by atoms with Crippen LogP contribution in [0.4, 0.5) is 0 Å². The molecular formula is C12H16O4. The minimum atomic E-state index is -0.895. The molecule has 0 radical (unpaired) electrons. The molecule has 1 rings (SSSR count). The number of carbonyl (C=O) groups is 1. The number of benzene rings is 1. The summed E-state index contributed by atoms with van der Waals surface area (Å²) in [6, 6.07) is 5.30. The van der Waals surface area contributed by atoms with Crippen LogP contribution >= 0.6 is 0 Å². The Balaban J connectivity index is 3.06. The van der Waals surface area contributed by atoms with E-state index in [4.69, 9.17) is 14.6 Å². The van der Waals surface area contributed by atoms with Gasteiger partial charge in [-0.25, -0.2) is 0 Å². The summed E-state index contributed by atoms with van der Waals surface area (Å²) in [4.78, 5) is 10.8. The number of aliphatic carboxylic acids is 1. The fraction of sp³-hybridized carbons (Fsp3) is 0.417. The summed E-state index contributed by atoms with van der Waals surface area (Å²) in [6.45, 7) is 4.72. The molecule has 4 heteroatoms. The van der Waals surface area contributed by atoms with E-state index in [1.807, 2.05) is 13.8 Å². The Bertz CT molecular complexity index is 336. The molecule has 4 nitrogen and oxygen atoms in total. The van der Waals surface area contributed by atoms with Gasteiger partial charge in [0.1, 0.15) is 11.5 Å². The molecule has 0 saturated carbocycles. The third kappa shape index (κ3) is 3.15. The molecule has 0 aliphatic rings. The quantitative estimate of drug-likeness (QED) is 0.804. The third-order valence-corrected chi connectivity index (χ3v) is 2.02. The molecule has 0 saturated heterocycles. The predicted molar refractivity (Wildman–Crippen MR) is 60.1 cm³/mol. The van der Waals surface area contributed by atoms with Crippen molar-refractivity contribution in [2.24, 2.45) is 0 Å². The fourth-order valence-electron chi connectivity index (χ4n) is 1.45. The Morgan fingerprint density at radius 1 is 1.19 bits per heavy atom. The first-order valence-electron chi connectivity index (χ1n) is 5.28. The first-order chi connectivity index (χ1) is 7.69. The van der Waals surface area contributed by atoms with Crippen LogP contribution in [0.2, 0.25) is 0 Å². The lowest BCUT2D eigenvalue weighted by atomic mass is 10.1. The molecule has 0 atom stereocenters. The molecule has 0 fully saturated rings. The Morgan fingerprint density at radius 3 is 2.06 bits per heavy atom. The average molecular weight is 224 g/mol. The van der Waals surface area contributed by atoms with Gasteiger partial charge in [-0.15, -0.1) is 0 Å². The molecule has 1 aromatic carbocycles. The molecule has 0 aliphatic heterocycles. The van der Waals surface area contributed by atoms with Crippen molar-refractivity contribution in [1.82, 2.24) is 0 Å². The minimum Gasteiger partial charge on any atom is -0.493 e. The Labute approximate surface area is 94.8 Å². The van der Waals surface area contributed by atoms with Crippen LogP contribution in [-0.2, 0) is 11.2 Å². The molecule has 0 spiro atoms. The van der Waals surface area contributed by atoms with Crippen molar-refractivity contribution in [3.8, 4) is 11.5 Å². The van der Waals surface area contributed by atoms with Gasteiger partial charge in [-0.2, -0.15) is 0 Å². The van der Waals surface area contributed by atoms with Gasteiger partial charge in [-0.1, -0.05) is 6.07 Å². The summed E-state index contributed by atoms with van der Waals surface area (Å²) in [5, 5.41) is 8.84. The summed E-state index contributed by atoms with van der Waals surface area (Å²) in [6.07, 6.45) is -0.0918. The zero-order valence-corrected chi connectivity index (χ0v) is 9.53. The van der Waals surface area contributed by atoms with Gasteiger partial charge in [0, 0.05) is 5.56 Å². The van der Waals surface area contributed by atoms with Gasteiger partial charge in [0.15, 0.2) is 0 Å². The zero-order chi connectivity index (χ0) is 12.0. The fourth-order valence-corrected chi connectivity index (χ4v) is 1.45. The van der Waals surface area contributed by atoms with Gasteiger partial charge in [0.2, 0.25) is 0 Å². The molecule has 1 aromatic rings. The van der Waals surface area contributed by atoms with Crippen LogP contribution in [0.15, 0.2) is 18.2 Å². The van der Waals surface area contributed by atoms with Crippen molar-refractivity contribution in [2.75, 3.05) is 13.2 Å². The van der Waals surface area contributed by atoms with Gasteiger partial charge in [-0.3, -0.25) is 4.79 Å². The maximum Gasteiger partial charge on any atom is 0.308 e. The maximum atomic E-state index is 10.8. The van der Waals surface area contributed by atoms with Crippen LogP contribution in [0.3, 0.4) is 0 Å². The summed E-state index contributed by atoms with van der Waals surface area (Å²) in [5.41, 5.74) is 0.596. The molecule has 88 valence electrons. The molecule has 0 unspecified atom stereocenters. The first-order valence-corrected chi connectivity index (χ1v) is 5.28. The lowest BCUT2D eigenvalue weighted by Crippen LogP contribution is -2.06. The second kappa shape index (κ2) is 6.00. The van der Waals surface area contributed by atoms with Gasteiger partial charge in [0.25, 0.3) is 0 Å². The summed E-state index contributed by atoms with van der Waals surface area (Å²) in [5.74, 6) is 0.264. The van der Waals surface area contributed by atoms with E-state index in [2.05, 4.69) is 0 Å². The number of hydrogen-bond acceptors (Lipinski definition) is 3. The molecule has 0 bridgehead atoms. The molecule has 0 amide bonds. The number of carboxylic acid groups (broad SMARTS) is 1. The lowest BCUT2D eigenvalue weighted by Gasteiger charge is -2.13. The highest BCUT2D eigenvalue weighted by Crippen LogP contribution is 2.29. The van der Waals surface area contributed by atoms with Gasteiger partial charge < -0.3 is 14.6 Å². The van der Waals surface area contributed by atoms with Gasteiger partial charge in [0.05, 0.1) is 19.6 Å². The minimum absolute atomic E-state index is 0.0918. The largest absolute Gasteiger partial charge is 0.493 e. The second-order valence-corrected chi connectivity index (χ2v) is 3.17. The number of ether oxygens (including phenoxy) is 2. The van der Waals surface area contributed by atoms with E-state index in [1.54, 1.807) is 18.2 Å². The number of carboxylic acids is 1. The van der Waals surface area contributed by atoms with E-state index in [-0.39, 0.29) is 6.42 Å². The van der Waals surface area contributed by atoms with E-state index < -0.39 is 5.97 Å². The summed E-state index contributed by atoms with van der Waals surface area (Å²) < 4.78 is 10.8. The monoisotopic (exact) mass is 224 g/mol. The highest BCUT2D eigenvalue weighted by atomic mass is 16.5. The summed E-state index contributed by atoms with van der Waals surface area (Å²) in [7, 11) is 0. The Hall–Kier alpha value is -1.71. The lowest BCUT2D eigenvalue weighted by molar-refractivity contribution is -0.136. The van der Waals surface area contributed by atoms with E-state index in [1.165, 1.54) is 0 Å². The molecular weight excluding hydrogens is 208 g/mol. The average Bonchev–Trinajstić information content (AvgIpc) is 2.23. The van der Waals surface area contributed by atoms with Crippen LogP contribution in [0, 0.1) is 0 Å². The van der Waals surface area contributed by atoms with Gasteiger partial charge >= 0.3 is 5.97 Å². The van der Waals surface area contributed by atoms with Crippen molar-refractivity contribution in [3.05, 3.63) is 23.8 Å². The molecule has 0 aliphatic carbocycles. The van der Waals surface area contributed by atoms with E-state index >= 15 is 0 Å². The SMILES string of the molecule is CCOc1cccc(OCC)c1CC(=O)O. The molecule has 0 heterocycles. The van der Waals surface area contributed by atoms with Crippen molar-refractivity contribution >= 4 is 5.97 Å². The standard InChI is InChI=1S/C12H16O4/c1-3-15-10-6-5-7-11(16-4-2)9(10)8-12(13)14/h5-7H,3-4,8H2,1-2H3,(H,13,14). The predicted octanol–water partition coefficient (Wildman–Crippen LogP) is 2.11. The van der Waals surface area contributed by atoms with Crippen molar-refractivity contribution < 1.29 is 19.4 Å². The Kier molecular flexibility index (Phi) is 4.64. The van der Waals surface area contributed by atoms with E-state index in [9.17, 15) is 4.79 Å². The van der Waals surface area contributed by atoms with Crippen LogP contribution in [0.1, 0.15) is 19.4 Å². The van der Waals surface area contributed by atoms with Gasteiger partial charge in [-0.05, 0) is 26.0 Å². The maximum absolute atomic E-state index is 10.8. The van der Waals surface area contributed by atoms with Crippen LogP contribution < -0.4 is 9.47 Å². The van der Waals surface area contributed by atoms with Crippen LogP contribution in [-0.4, -0.2) is 24.3 Å². The van der Waals surface area contributed by atoms with Crippen molar-refractivity contribution in [1.29, 1.82) is 0 Å². The number of rotatable bonds is 6. The first kappa shape index (κ1) is 12.4. The zero-order valence-electron chi connectivity index (χ0n) is 9.53. The van der Waals surface area contributed by atoms with Crippen LogP contribution in [0.25, 0.3) is 0 Å². The number of hydrogen-bond donors (Lipinski definition) is 1. The molecule has 0 aromatic heterocycles. The van der Waals surface area contributed by atoms with Crippen molar-refractivity contribution in [2.45, 2.75) is 20.3 Å². The highest BCUT2D eigenvalue weighted by Gasteiger charge is 2.13. The molecule has 1 N–H and O–H groups in total. The highest BCUT2D eigenvalue weighted by molar-refractivity contribution is 5.72. The van der Waals surface area contributed by atoms with E-state index in [0.717, 1.165) is 0 Å². The third-order valence-electron chi connectivity index (χ3n) is 2.02. The topological polar surface area (TPSA) is 55.8 Å². The van der Waals surface area contributed by atoms with Crippen LogP contribution in [0.5, 0.6) is 11.5 Å². The Morgan fingerprint density at radius 2 is 1.69 bits per heavy atom. The summed E-state index contributed by atoms with van der Waals surface area (Å²) >= 11 is 0. The smallest absolute Gasteiger partial charge is 0.308 e. The second-order valence-electron chi connectivity index (χ2n) is 3.17. The van der Waals surface area contributed by atoms with E-state index in [0.29, 0.717) is 30.3 Å². The normalized spacial score (nSPS) is 9.88.